The molecule has 1 radical (unpaired) electrons. The average molecular weight is 1070 g/mol. The van der Waals surface area contributed by atoms with Crippen molar-refractivity contribution >= 4 is 59.5 Å². The Morgan fingerprint density at radius 2 is 1.24 bits per heavy atom. The summed E-state index contributed by atoms with van der Waals surface area (Å²) in [5.74, 6) is -2.77. The number of benzene rings is 2. The standard InChI is InChI=1S/C42H48N7O10.C7H9NO2.C2H6.Y/c50-29-43-26-42(27-45-35(51)15-19-47-36(52)11-12-37(47)53)28-49(40(56)16-20-48-38(54)13-14-39(48)55)41(42)44-17-21-57-23-24-58-22-18-46-59-34-25-32-7-2-1-5-30(32)9-10-31-6-3-4-8-33(31)34;1-2-5-8-6(9)3-4-7(8)10;1-2;/h1-8,11-14,29,34H,9-10,15-28H2,(H,43,50)(H,45,51);3-4H,2,5H2,1H3;1-2H3;/q-1;;;/p+1. The first-order chi connectivity index (χ1) is 34.4. The molecule has 1 aliphatic carbocycles. The second-order valence-corrected chi connectivity index (χ2v) is 16.6. The van der Waals surface area contributed by atoms with Crippen LogP contribution in [0.3, 0.4) is 0 Å². The Kier molecular flexibility index (Phi) is 24.6. The van der Waals surface area contributed by atoms with Crippen molar-refractivity contribution in [1.82, 2.24) is 30.2 Å². The normalized spacial score (nSPS) is 19.2. The summed E-state index contributed by atoms with van der Waals surface area (Å²) in [4.78, 5) is 121. The minimum atomic E-state index is -0.927. The van der Waals surface area contributed by atoms with Gasteiger partial charge in [-0.2, -0.15) is 4.90 Å². The second-order valence-electron chi connectivity index (χ2n) is 16.6. The van der Waals surface area contributed by atoms with Crippen LogP contribution in [0.2, 0.25) is 0 Å². The maximum Gasteiger partial charge on any atom is 0.311 e. The molecule has 2 aromatic rings. The number of rotatable bonds is 24. The molecule has 2 unspecified atom stereocenters. The Morgan fingerprint density at radius 1 is 0.708 bits per heavy atom. The smallest absolute Gasteiger partial charge is 0.311 e. The van der Waals surface area contributed by atoms with E-state index in [-0.39, 0.29) is 122 Å². The Hall–Kier alpha value is -5.90. The average Bonchev–Trinajstić information content (AvgIpc) is 4.00. The molecule has 0 spiro atoms. The van der Waals surface area contributed by atoms with Gasteiger partial charge in [-0.05, 0) is 41.5 Å². The van der Waals surface area contributed by atoms with Gasteiger partial charge >= 0.3 is 5.91 Å². The van der Waals surface area contributed by atoms with Crippen molar-refractivity contribution in [3.05, 3.63) is 113 Å². The summed E-state index contributed by atoms with van der Waals surface area (Å²) in [5.41, 5.74) is 8.43. The molecule has 4 aliphatic heterocycles. The fourth-order valence-corrected chi connectivity index (χ4v) is 8.37. The molecule has 0 saturated carbocycles. The molecule has 20 nitrogen and oxygen atoms in total. The summed E-state index contributed by atoms with van der Waals surface area (Å²) in [5, 5.41) is 5.45. The molecule has 2 atom stereocenters. The van der Waals surface area contributed by atoms with Gasteiger partial charge < -0.3 is 30.4 Å². The zero-order valence-electron chi connectivity index (χ0n) is 41.2. The van der Waals surface area contributed by atoms with Crippen LogP contribution in [0, 0.1) is 5.41 Å². The van der Waals surface area contributed by atoms with E-state index in [4.69, 9.17) is 14.3 Å². The summed E-state index contributed by atoms with van der Waals surface area (Å²) < 4.78 is 11.5. The van der Waals surface area contributed by atoms with Gasteiger partial charge in [0.2, 0.25) is 12.3 Å². The number of aryl methyl sites for hydroxylation is 2. The van der Waals surface area contributed by atoms with Gasteiger partial charge in [0.05, 0.1) is 32.3 Å². The molecule has 7 rings (SSSR count). The number of amidine groups is 1. The van der Waals surface area contributed by atoms with Crippen LogP contribution in [0.15, 0.2) is 85.0 Å². The zero-order chi connectivity index (χ0) is 51.2. The maximum atomic E-state index is 13.4. The SMILES string of the molecule is CC.CCCN1C(=O)C=CC1=O.O=CNCC1(CNC(=O)CCN2C(=O)C=CC2=O)CN(C(=O)CCN2C(=O)C=CC2=O)C1=[NH+]CCOCCOCC[N-]OC1Cc2ccccc2CCc2ccccc21.[Y]. The molecule has 0 bridgehead atoms. The largest absolute Gasteiger partial charge is 0.532 e. The van der Waals surface area contributed by atoms with Crippen LogP contribution in [0.25, 0.3) is 5.48 Å². The molecule has 9 amide bonds. The Balaban J connectivity index is 0.000000765. The summed E-state index contributed by atoms with van der Waals surface area (Å²) in [6, 6.07) is 16.8. The third kappa shape index (κ3) is 16.3. The van der Waals surface area contributed by atoms with Gasteiger partial charge in [0.15, 0.2) is 0 Å². The molecule has 72 heavy (non-hydrogen) atoms. The van der Waals surface area contributed by atoms with E-state index in [0.717, 1.165) is 65.4 Å². The maximum absolute atomic E-state index is 13.4. The van der Waals surface area contributed by atoms with E-state index in [1.165, 1.54) is 38.6 Å². The van der Waals surface area contributed by atoms with E-state index in [0.29, 0.717) is 38.5 Å². The number of carbonyl (C=O) groups excluding carboxylic acids is 9. The number of fused-ring (bicyclic) bond motifs is 2. The van der Waals surface area contributed by atoms with Crippen molar-refractivity contribution in [2.45, 2.75) is 65.4 Å². The van der Waals surface area contributed by atoms with Crippen molar-refractivity contribution in [3.63, 3.8) is 0 Å². The first-order valence-corrected chi connectivity index (χ1v) is 24.0. The second kappa shape index (κ2) is 30.2. The molecule has 4 heterocycles. The summed E-state index contributed by atoms with van der Waals surface area (Å²) in [6.45, 7) is 8.18. The molecular weight excluding hydrogens is 1010 g/mol. The predicted molar refractivity (Wildman–Crippen MR) is 258 cm³/mol. The minimum Gasteiger partial charge on any atom is -0.532 e. The van der Waals surface area contributed by atoms with E-state index < -0.39 is 35.0 Å². The first kappa shape index (κ1) is 58.7. The molecule has 21 heteroatoms. The molecule has 1 fully saturated rings. The van der Waals surface area contributed by atoms with E-state index in [1.54, 1.807) is 0 Å². The number of hydrogen-bond acceptors (Lipinski definition) is 12. The number of likely N-dealkylation sites (tertiary alicyclic amines) is 1. The fraction of sp³-hybridized carbons (Fsp3) is 0.451. The molecule has 3 N–H and O–H groups in total. The summed E-state index contributed by atoms with van der Waals surface area (Å²) in [6.07, 6.45) is 10.7. The van der Waals surface area contributed by atoms with Crippen LogP contribution in [0.4, 0.5) is 0 Å². The molecule has 383 valence electrons. The van der Waals surface area contributed by atoms with E-state index in [9.17, 15) is 43.2 Å². The third-order valence-electron chi connectivity index (χ3n) is 12.0. The molecule has 2 aromatic carbocycles. The first-order valence-electron chi connectivity index (χ1n) is 24.0. The van der Waals surface area contributed by atoms with Crippen molar-refractivity contribution in [2.75, 3.05) is 78.8 Å². The summed E-state index contributed by atoms with van der Waals surface area (Å²) >= 11 is 0. The van der Waals surface area contributed by atoms with Crippen LogP contribution in [0.1, 0.15) is 68.4 Å². The number of carbonyl (C=O) groups is 9. The van der Waals surface area contributed by atoms with E-state index in [1.807, 2.05) is 26.8 Å². The van der Waals surface area contributed by atoms with Gasteiger partial charge in [-0.25, -0.2) is 4.79 Å². The van der Waals surface area contributed by atoms with Gasteiger partial charge in [0, 0.05) is 121 Å². The molecule has 5 aliphatic rings. The van der Waals surface area contributed by atoms with E-state index in [2.05, 4.69) is 63.6 Å². The number of amides is 9. The van der Waals surface area contributed by atoms with Gasteiger partial charge in [0.1, 0.15) is 18.5 Å². The number of hydrogen-bond donors (Lipinski definition) is 3. The topological polar surface area (TPSA) is 246 Å². The van der Waals surface area contributed by atoms with Crippen molar-refractivity contribution in [1.29, 1.82) is 0 Å². The van der Waals surface area contributed by atoms with Crippen LogP contribution in [-0.4, -0.2) is 158 Å². The van der Waals surface area contributed by atoms with Gasteiger partial charge in [-0.15, -0.1) is 6.54 Å². The Morgan fingerprint density at radius 3 is 1.83 bits per heavy atom. The van der Waals surface area contributed by atoms with Gasteiger partial charge in [0.25, 0.3) is 41.3 Å². The van der Waals surface area contributed by atoms with Crippen LogP contribution in [-0.2, 0) is 109 Å². The Labute approximate surface area is 444 Å². The van der Waals surface area contributed by atoms with E-state index >= 15 is 0 Å². The zero-order valence-corrected chi connectivity index (χ0v) is 44.0. The van der Waals surface area contributed by atoms with Crippen molar-refractivity contribution in [2.24, 2.45) is 5.41 Å². The number of nitrogens with zero attached hydrogens (tertiary/aromatic N) is 5. The number of hydroxylamine groups is 1. The van der Waals surface area contributed by atoms with Crippen LogP contribution >= 0.6 is 0 Å². The molecule has 0 aromatic heterocycles. The van der Waals surface area contributed by atoms with Crippen molar-refractivity contribution < 1.29 is 95.2 Å². The quantitative estimate of drug-likeness (QED) is 0.0565. The molecule has 1 saturated heterocycles. The minimum absolute atomic E-state index is 0. The summed E-state index contributed by atoms with van der Waals surface area (Å²) in [7, 11) is 0. The fourth-order valence-electron chi connectivity index (χ4n) is 8.37. The van der Waals surface area contributed by atoms with Crippen LogP contribution in [0.5, 0.6) is 0 Å². The van der Waals surface area contributed by atoms with Crippen molar-refractivity contribution in [3.8, 4) is 0 Å². The number of nitrogens with one attached hydrogen (secondary N) is 3. The monoisotopic (exact) mass is 1070 g/mol. The predicted octanol–water partition coefficient (Wildman–Crippen LogP) is 0.553. The third-order valence-corrected chi connectivity index (χ3v) is 12.0. The van der Waals surface area contributed by atoms with Gasteiger partial charge in [-0.3, -0.25) is 58.0 Å². The Bertz CT molecular complexity index is 2330. The number of ether oxygens (including phenoxy) is 2. The van der Waals surface area contributed by atoms with Gasteiger partial charge in [-0.1, -0.05) is 69.3 Å². The molecular formula is C51H64N8O12Y. The number of imide groups is 3. The van der Waals surface area contributed by atoms with Crippen LogP contribution < -0.4 is 15.6 Å².